The second-order valence-corrected chi connectivity index (χ2v) is 12.4. The zero-order valence-electron chi connectivity index (χ0n) is 23.9. The number of ether oxygens (including phenoxy) is 1. The van der Waals surface area contributed by atoms with Gasteiger partial charge in [0, 0.05) is 12.1 Å². The summed E-state index contributed by atoms with van der Waals surface area (Å²) < 4.78 is 5.47. The number of amides is 3. The molecule has 7 nitrogen and oxygen atoms in total. The minimum absolute atomic E-state index is 0.0443. The summed E-state index contributed by atoms with van der Waals surface area (Å²) in [5.74, 6) is -0.533. The largest absolute Gasteiger partial charge is 0.444 e. The molecular weight excluding hydrogens is 466 g/mol. The topological polar surface area (TPSA) is 87.7 Å². The summed E-state index contributed by atoms with van der Waals surface area (Å²) >= 11 is 0. The molecule has 2 atom stereocenters. The van der Waals surface area contributed by atoms with Gasteiger partial charge in [-0.25, -0.2) is 4.79 Å². The fourth-order valence-corrected chi connectivity index (χ4v) is 5.42. The van der Waals surface area contributed by atoms with Gasteiger partial charge < -0.3 is 20.3 Å². The van der Waals surface area contributed by atoms with Crippen LogP contribution in [0.2, 0.25) is 0 Å². The Labute approximate surface area is 223 Å². The summed E-state index contributed by atoms with van der Waals surface area (Å²) in [7, 11) is 0. The van der Waals surface area contributed by atoms with E-state index in [-0.39, 0.29) is 29.8 Å². The van der Waals surface area contributed by atoms with Crippen LogP contribution in [-0.2, 0) is 14.3 Å². The zero-order chi connectivity index (χ0) is 27.3. The Morgan fingerprint density at radius 1 is 0.919 bits per heavy atom. The van der Waals surface area contributed by atoms with E-state index in [1.165, 1.54) is 6.42 Å². The Kier molecular flexibility index (Phi) is 9.65. The number of hydrogen-bond donors (Lipinski definition) is 2. The summed E-state index contributed by atoms with van der Waals surface area (Å²) in [6.07, 6.45) is 7.45. The summed E-state index contributed by atoms with van der Waals surface area (Å²) in [6.45, 7) is 13.2. The molecule has 0 saturated heterocycles. The third kappa shape index (κ3) is 7.96. The molecule has 2 N–H and O–H groups in total. The van der Waals surface area contributed by atoms with E-state index in [1.54, 1.807) is 25.7 Å². The first kappa shape index (κ1) is 29.0. The van der Waals surface area contributed by atoms with Crippen LogP contribution in [0.25, 0.3) is 0 Å². The van der Waals surface area contributed by atoms with Crippen molar-refractivity contribution in [2.45, 2.75) is 130 Å². The predicted octanol–water partition coefficient (Wildman–Crippen LogP) is 5.72. The van der Waals surface area contributed by atoms with Crippen LogP contribution in [0.3, 0.4) is 0 Å². The molecule has 0 bridgehead atoms. The maximum atomic E-state index is 14.3. The van der Waals surface area contributed by atoms with Crippen LogP contribution in [0, 0.1) is 19.8 Å². The summed E-state index contributed by atoms with van der Waals surface area (Å²) in [5.41, 5.74) is 2.26. The summed E-state index contributed by atoms with van der Waals surface area (Å²) in [5, 5.41) is 6.11. The van der Waals surface area contributed by atoms with Crippen molar-refractivity contribution in [2.75, 3.05) is 0 Å². The molecule has 1 aromatic carbocycles. The highest BCUT2D eigenvalue weighted by Gasteiger charge is 2.43. The van der Waals surface area contributed by atoms with Crippen molar-refractivity contribution in [3.8, 4) is 0 Å². The van der Waals surface area contributed by atoms with Crippen LogP contribution in [0.1, 0.15) is 109 Å². The SMILES string of the molecule is Cc1cc(C)cc(C(C(=O)NC2CCCCC2)N(C(=O)C(NC(=O)OC(C)(C)C)C(C)C)C2CCC2)c1. The van der Waals surface area contributed by atoms with Gasteiger partial charge in [0.25, 0.3) is 0 Å². The van der Waals surface area contributed by atoms with E-state index in [4.69, 9.17) is 4.74 Å². The monoisotopic (exact) mass is 513 g/mol. The van der Waals surface area contributed by atoms with Gasteiger partial charge in [-0.1, -0.05) is 62.4 Å². The van der Waals surface area contributed by atoms with Gasteiger partial charge in [-0.2, -0.15) is 0 Å². The van der Waals surface area contributed by atoms with E-state index in [0.717, 1.165) is 61.6 Å². The number of carbonyl (C=O) groups excluding carboxylic acids is 3. The molecule has 2 unspecified atom stereocenters. The van der Waals surface area contributed by atoms with Crippen LogP contribution in [-0.4, -0.2) is 46.5 Å². The lowest BCUT2D eigenvalue weighted by Gasteiger charge is -2.44. The van der Waals surface area contributed by atoms with Crippen LogP contribution in [0.15, 0.2) is 18.2 Å². The molecule has 37 heavy (non-hydrogen) atoms. The third-order valence-electron chi connectivity index (χ3n) is 7.37. The second-order valence-electron chi connectivity index (χ2n) is 12.4. The Hall–Kier alpha value is -2.57. The van der Waals surface area contributed by atoms with Gasteiger partial charge >= 0.3 is 6.09 Å². The molecule has 0 heterocycles. The maximum Gasteiger partial charge on any atom is 0.408 e. The molecule has 1 aromatic rings. The van der Waals surface area contributed by atoms with E-state index < -0.39 is 23.8 Å². The van der Waals surface area contributed by atoms with Gasteiger partial charge in [-0.15, -0.1) is 0 Å². The van der Waals surface area contributed by atoms with Gasteiger partial charge in [-0.05, 0) is 78.2 Å². The average Bonchev–Trinajstić information content (AvgIpc) is 2.74. The smallest absolute Gasteiger partial charge is 0.408 e. The van der Waals surface area contributed by atoms with Crippen LogP contribution >= 0.6 is 0 Å². The van der Waals surface area contributed by atoms with Crippen LogP contribution < -0.4 is 10.6 Å². The number of rotatable bonds is 8. The quantitative estimate of drug-likeness (QED) is 0.465. The molecule has 3 rings (SSSR count). The molecule has 0 aliphatic heterocycles. The Balaban J connectivity index is 1.99. The predicted molar refractivity (Wildman–Crippen MR) is 146 cm³/mol. The summed E-state index contributed by atoms with van der Waals surface area (Å²) in [6, 6.07) is 4.65. The highest BCUT2D eigenvalue weighted by atomic mass is 16.6. The molecule has 2 aliphatic carbocycles. The zero-order valence-corrected chi connectivity index (χ0v) is 23.9. The standard InChI is InChI=1S/C30H47N3O4/c1-19(2)25(32-29(36)37-30(5,6)7)28(35)33(24-14-11-15-24)26(22-17-20(3)16-21(4)18-22)27(34)31-23-12-9-8-10-13-23/h16-19,23-26H,8-15H2,1-7H3,(H,31,34)(H,32,36). The van der Waals surface area contributed by atoms with Crippen LogP contribution in [0.5, 0.6) is 0 Å². The minimum Gasteiger partial charge on any atom is -0.444 e. The maximum absolute atomic E-state index is 14.3. The van der Waals surface area contributed by atoms with E-state index in [0.29, 0.717) is 0 Å². The molecule has 3 amide bonds. The van der Waals surface area contributed by atoms with Crippen molar-refractivity contribution in [1.29, 1.82) is 0 Å². The molecule has 206 valence electrons. The fourth-order valence-electron chi connectivity index (χ4n) is 5.42. The van der Waals surface area contributed by atoms with Gasteiger partial charge in [0.05, 0.1) is 0 Å². The highest BCUT2D eigenvalue weighted by Crippen LogP contribution is 2.35. The molecule has 2 fully saturated rings. The van der Waals surface area contributed by atoms with E-state index in [1.807, 2.05) is 39.8 Å². The number of aryl methyl sites for hydroxylation is 2. The van der Waals surface area contributed by atoms with Gasteiger partial charge in [-0.3, -0.25) is 9.59 Å². The number of carbonyl (C=O) groups is 3. The van der Waals surface area contributed by atoms with E-state index >= 15 is 0 Å². The van der Waals surface area contributed by atoms with Crippen molar-refractivity contribution >= 4 is 17.9 Å². The molecule has 7 heteroatoms. The Morgan fingerprint density at radius 3 is 2.00 bits per heavy atom. The number of nitrogens with one attached hydrogen (secondary N) is 2. The molecule has 0 radical (unpaired) electrons. The normalized spacial score (nSPS) is 18.5. The van der Waals surface area contributed by atoms with Crippen molar-refractivity contribution in [3.05, 3.63) is 34.9 Å². The molecule has 2 aliphatic rings. The lowest BCUT2D eigenvalue weighted by Crippen LogP contribution is -2.59. The summed E-state index contributed by atoms with van der Waals surface area (Å²) in [4.78, 5) is 42.8. The Morgan fingerprint density at radius 2 is 1.51 bits per heavy atom. The molecule has 0 aromatic heterocycles. The van der Waals surface area contributed by atoms with Crippen molar-refractivity contribution in [3.63, 3.8) is 0 Å². The van der Waals surface area contributed by atoms with Gasteiger partial charge in [0.2, 0.25) is 11.8 Å². The first-order valence-corrected chi connectivity index (χ1v) is 14.1. The third-order valence-corrected chi connectivity index (χ3v) is 7.37. The molecular formula is C30H47N3O4. The van der Waals surface area contributed by atoms with Gasteiger partial charge in [0.1, 0.15) is 17.7 Å². The van der Waals surface area contributed by atoms with Crippen molar-refractivity contribution in [1.82, 2.24) is 15.5 Å². The lowest BCUT2D eigenvalue weighted by molar-refractivity contribution is -0.148. The number of hydrogen-bond acceptors (Lipinski definition) is 4. The first-order valence-electron chi connectivity index (χ1n) is 14.1. The first-order chi connectivity index (χ1) is 17.4. The van der Waals surface area contributed by atoms with E-state index in [2.05, 4.69) is 16.7 Å². The van der Waals surface area contributed by atoms with Gasteiger partial charge in [0.15, 0.2) is 0 Å². The van der Waals surface area contributed by atoms with Crippen molar-refractivity contribution < 1.29 is 19.1 Å². The van der Waals surface area contributed by atoms with Crippen LogP contribution in [0.4, 0.5) is 4.79 Å². The Bertz CT molecular complexity index is 938. The highest BCUT2D eigenvalue weighted by molar-refractivity contribution is 5.92. The number of nitrogens with zero attached hydrogens (tertiary/aromatic N) is 1. The fraction of sp³-hybridized carbons (Fsp3) is 0.700. The van der Waals surface area contributed by atoms with E-state index in [9.17, 15) is 14.4 Å². The number of alkyl carbamates (subject to hydrolysis) is 1. The lowest BCUT2D eigenvalue weighted by atomic mass is 9.86. The second kappa shape index (κ2) is 12.3. The number of benzene rings is 1. The van der Waals surface area contributed by atoms with Crippen molar-refractivity contribution in [2.24, 2.45) is 5.92 Å². The molecule has 0 spiro atoms. The molecule has 2 saturated carbocycles. The minimum atomic E-state index is -0.800. The average molecular weight is 514 g/mol.